The molecule has 6 saturated heterocycles. The minimum atomic E-state index is -1.84. The first-order chi connectivity index (χ1) is 36.9. The Kier molecular flexibility index (Phi) is 26.9. The van der Waals surface area contributed by atoms with Crippen LogP contribution in [-0.2, 0) is 56.9 Å². The van der Waals surface area contributed by atoms with Crippen LogP contribution in [0.3, 0.4) is 0 Å². The summed E-state index contributed by atoms with van der Waals surface area (Å²) in [6, 6.07) is 0. The van der Waals surface area contributed by atoms with Gasteiger partial charge in [-0.05, 0) is 32.1 Å². The largest absolute Gasteiger partial charge is 0.388 e. The average molecular weight is 1120 g/mol. The number of aliphatic hydroxyl groups is 13. The van der Waals surface area contributed by atoms with Crippen molar-refractivity contribution >= 4 is 5.91 Å². The molecule has 6 aliphatic heterocycles. The maximum absolute atomic E-state index is 12.7. The molecule has 6 aliphatic rings. The number of unbranched alkanes of at least 4 members (excludes halogenated alkanes) is 13. The molecule has 77 heavy (non-hydrogen) atoms. The minimum Gasteiger partial charge on any atom is -0.388 e. The topological polar surface area (TPSA) is 385 Å². The van der Waals surface area contributed by atoms with Crippen LogP contribution < -0.4 is 0 Å². The van der Waals surface area contributed by atoms with Gasteiger partial charge < -0.3 is 123 Å². The van der Waals surface area contributed by atoms with E-state index >= 15 is 0 Å². The molecule has 0 aromatic rings. The van der Waals surface area contributed by atoms with Crippen molar-refractivity contribution in [2.24, 2.45) is 0 Å². The Morgan fingerprint density at radius 1 is 0.390 bits per heavy atom. The Morgan fingerprint density at radius 2 is 0.688 bits per heavy atom. The van der Waals surface area contributed by atoms with Gasteiger partial charge in [-0.15, -0.1) is 0 Å². The number of allylic oxidation sites excluding steroid dienone is 2. The number of carbonyl (C=O) groups is 1. The quantitative estimate of drug-likeness (QED) is 0.0275. The van der Waals surface area contributed by atoms with E-state index in [4.69, 9.17) is 52.1 Å². The molecule has 0 bridgehead atoms. The molecular formula is C51H89NO25. The zero-order valence-corrected chi connectivity index (χ0v) is 44.2. The number of ether oxygens (including phenoxy) is 11. The first-order valence-corrected chi connectivity index (χ1v) is 27.7. The van der Waals surface area contributed by atoms with Gasteiger partial charge in [0.15, 0.2) is 37.7 Å². The molecule has 1 amide bonds. The molecule has 0 saturated carbocycles. The Bertz CT molecular complexity index is 1710. The standard InChI is InChI=1S/C51H89NO25/c1-3-4-5-6-7-8-9-10-11-12-13-14-15-16-17-18-19-20-52(27(2)53)46-40(61)35(56)29(22-67-46)73-48-42(63)37(58)31(24-69-48)75-50-44(65)39(60)33(26-71-50)77-51-45(66)38(59)32(25-72-51)76-49-43(64)36(57)30(23-70-49)74-47-41(62)34(55)28(54)21-68-47/h11-12,28-51,54-66H,3-10,13-26H2,1-2H3/b12-11-. The van der Waals surface area contributed by atoms with Gasteiger partial charge in [-0.25, -0.2) is 0 Å². The van der Waals surface area contributed by atoms with E-state index in [9.17, 15) is 71.2 Å². The number of hydrogen-bond donors (Lipinski definition) is 13. The van der Waals surface area contributed by atoms with Gasteiger partial charge in [0.05, 0.1) is 39.6 Å². The van der Waals surface area contributed by atoms with Crippen molar-refractivity contribution < 1.29 is 123 Å². The molecule has 6 heterocycles. The summed E-state index contributed by atoms with van der Waals surface area (Å²) in [5, 5.41) is 139. The van der Waals surface area contributed by atoms with Gasteiger partial charge in [-0.3, -0.25) is 4.79 Å². The van der Waals surface area contributed by atoms with E-state index in [1.165, 1.54) is 56.8 Å². The lowest BCUT2D eigenvalue weighted by molar-refractivity contribution is -0.364. The zero-order chi connectivity index (χ0) is 55.8. The highest BCUT2D eigenvalue weighted by molar-refractivity contribution is 5.73. The van der Waals surface area contributed by atoms with Crippen LogP contribution in [0.25, 0.3) is 0 Å². The number of nitrogens with zero attached hydrogens (tertiary/aromatic N) is 1. The number of carbonyl (C=O) groups excluding carboxylic acids is 1. The van der Waals surface area contributed by atoms with E-state index in [2.05, 4.69) is 19.1 Å². The fourth-order valence-corrected chi connectivity index (χ4v) is 10.1. The zero-order valence-electron chi connectivity index (χ0n) is 44.2. The maximum Gasteiger partial charge on any atom is 0.221 e. The first kappa shape index (κ1) is 64.4. The molecule has 0 aromatic heterocycles. The molecule has 448 valence electrons. The summed E-state index contributed by atoms with van der Waals surface area (Å²) in [5.41, 5.74) is 0. The van der Waals surface area contributed by atoms with Crippen molar-refractivity contribution in [2.45, 2.75) is 258 Å². The molecule has 0 radical (unpaired) electrons. The van der Waals surface area contributed by atoms with E-state index < -0.39 is 174 Å². The highest BCUT2D eigenvalue weighted by Crippen LogP contribution is 2.32. The SMILES string of the molecule is CCCCCCCCC/C=C\CCCCCCCCN(C(C)=O)C1OCC(OC2OCC(OC3OCC(OC4OCC(OC5OCC(OC6OCC(O)C(O)C6O)C(O)C5O)C(O)C4O)C(O)C3O)C(O)C2O)C(O)C1O. The Labute approximate surface area is 449 Å². The Hall–Kier alpha value is -1.75. The smallest absolute Gasteiger partial charge is 0.221 e. The highest BCUT2D eigenvalue weighted by atomic mass is 16.8. The second kappa shape index (κ2) is 32.2. The lowest BCUT2D eigenvalue weighted by atomic mass is 10.0. The van der Waals surface area contributed by atoms with E-state index in [1.54, 1.807) is 0 Å². The van der Waals surface area contributed by atoms with Gasteiger partial charge in [-0.1, -0.05) is 83.3 Å². The van der Waals surface area contributed by atoms with Crippen LogP contribution in [0.5, 0.6) is 0 Å². The molecule has 24 atom stereocenters. The minimum absolute atomic E-state index is 0.295. The van der Waals surface area contributed by atoms with Crippen molar-refractivity contribution in [1.29, 1.82) is 0 Å². The molecule has 0 aliphatic carbocycles. The van der Waals surface area contributed by atoms with E-state index in [1.807, 2.05) is 0 Å². The van der Waals surface area contributed by atoms with Crippen molar-refractivity contribution in [2.75, 3.05) is 46.2 Å². The molecule has 26 nitrogen and oxygen atoms in total. The predicted molar refractivity (Wildman–Crippen MR) is 262 cm³/mol. The van der Waals surface area contributed by atoms with Gasteiger partial charge in [0.25, 0.3) is 0 Å². The maximum atomic E-state index is 12.7. The summed E-state index contributed by atoms with van der Waals surface area (Å²) in [5.74, 6) is -0.341. The van der Waals surface area contributed by atoms with Gasteiger partial charge in [0.2, 0.25) is 5.91 Å². The second-order valence-electron chi connectivity index (χ2n) is 21.1. The lowest BCUT2D eigenvalue weighted by Crippen LogP contribution is -2.64. The molecular weight excluding hydrogens is 1030 g/mol. The molecule has 0 aromatic carbocycles. The number of rotatable bonds is 28. The molecule has 6 fully saturated rings. The van der Waals surface area contributed by atoms with Crippen molar-refractivity contribution in [3.05, 3.63) is 12.2 Å². The first-order valence-electron chi connectivity index (χ1n) is 27.7. The fourth-order valence-electron chi connectivity index (χ4n) is 10.1. The highest BCUT2D eigenvalue weighted by Gasteiger charge is 2.52. The lowest BCUT2D eigenvalue weighted by Gasteiger charge is -2.46. The van der Waals surface area contributed by atoms with Gasteiger partial charge in [0, 0.05) is 13.5 Å². The molecule has 26 heteroatoms. The van der Waals surface area contributed by atoms with Crippen LogP contribution >= 0.6 is 0 Å². The van der Waals surface area contributed by atoms with Gasteiger partial charge in [0.1, 0.15) is 110 Å². The van der Waals surface area contributed by atoms with Gasteiger partial charge >= 0.3 is 0 Å². The summed E-state index contributed by atoms with van der Waals surface area (Å²) < 4.78 is 61.5. The number of aliphatic hydroxyl groups excluding tert-OH is 13. The third-order valence-corrected chi connectivity index (χ3v) is 15.1. The third-order valence-electron chi connectivity index (χ3n) is 15.1. The number of hydrogen-bond acceptors (Lipinski definition) is 25. The van der Waals surface area contributed by atoms with Crippen LogP contribution in [0.1, 0.15) is 110 Å². The molecule has 13 N–H and O–H groups in total. The normalized spacial score (nSPS) is 42.2. The Morgan fingerprint density at radius 3 is 1.05 bits per heavy atom. The summed E-state index contributed by atoms with van der Waals surface area (Å²) in [7, 11) is 0. The van der Waals surface area contributed by atoms with Crippen molar-refractivity contribution in [1.82, 2.24) is 4.90 Å². The summed E-state index contributed by atoms with van der Waals surface area (Å²) in [6.07, 6.45) is -15.6. The molecule has 0 spiro atoms. The molecule has 24 unspecified atom stereocenters. The second-order valence-corrected chi connectivity index (χ2v) is 21.1. The van der Waals surface area contributed by atoms with Crippen LogP contribution in [0, 0.1) is 0 Å². The van der Waals surface area contributed by atoms with Crippen LogP contribution in [0.2, 0.25) is 0 Å². The van der Waals surface area contributed by atoms with Crippen molar-refractivity contribution in [3.63, 3.8) is 0 Å². The van der Waals surface area contributed by atoms with Crippen LogP contribution in [0.15, 0.2) is 12.2 Å². The Balaban J connectivity index is 0.853. The third kappa shape index (κ3) is 17.9. The predicted octanol–water partition coefficient (Wildman–Crippen LogP) is -2.98. The monoisotopic (exact) mass is 1120 g/mol. The van der Waals surface area contributed by atoms with Crippen LogP contribution in [-0.4, -0.2) is 271 Å². The fraction of sp³-hybridized carbons (Fsp3) is 0.941. The van der Waals surface area contributed by atoms with Crippen molar-refractivity contribution in [3.8, 4) is 0 Å². The average Bonchev–Trinajstić information content (AvgIpc) is 3.41. The summed E-state index contributed by atoms with van der Waals surface area (Å²) in [4.78, 5) is 14.0. The van der Waals surface area contributed by atoms with Crippen LogP contribution in [0.4, 0.5) is 0 Å². The van der Waals surface area contributed by atoms with E-state index in [-0.39, 0.29) is 19.1 Å². The number of amides is 1. The summed E-state index contributed by atoms with van der Waals surface area (Å²) >= 11 is 0. The van der Waals surface area contributed by atoms with Gasteiger partial charge in [-0.2, -0.15) is 0 Å². The van der Waals surface area contributed by atoms with E-state index in [0.29, 0.717) is 13.0 Å². The summed E-state index contributed by atoms with van der Waals surface area (Å²) in [6.45, 7) is 1.43. The molecule has 6 rings (SSSR count). The van der Waals surface area contributed by atoms with E-state index in [0.717, 1.165) is 44.9 Å².